The minimum Gasteiger partial charge on any atom is -0.496 e. The molecule has 178 valence electrons. The Hall–Kier alpha value is -1.59. The molecule has 5 atom stereocenters. The summed E-state index contributed by atoms with van der Waals surface area (Å²) >= 11 is 0. The summed E-state index contributed by atoms with van der Waals surface area (Å²) in [5.41, 5.74) is 2.67. The van der Waals surface area contributed by atoms with Crippen LogP contribution in [0.25, 0.3) is 0 Å². The third-order valence-electron chi connectivity index (χ3n) is 8.50. The molecule has 2 saturated carbocycles. The molecule has 5 heteroatoms. The van der Waals surface area contributed by atoms with Crippen molar-refractivity contribution in [3.8, 4) is 5.75 Å². The maximum atomic E-state index is 12.9. The van der Waals surface area contributed by atoms with Crippen molar-refractivity contribution in [1.29, 1.82) is 0 Å². The van der Waals surface area contributed by atoms with E-state index < -0.39 is 0 Å². The normalized spacial score (nSPS) is 32.9. The van der Waals surface area contributed by atoms with Crippen LogP contribution in [0.4, 0.5) is 0 Å². The largest absolute Gasteiger partial charge is 0.496 e. The number of benzene rings is 1. The highest BCUT2D eigenvalue weighted by Crippen LogP contribution is 2.70. The zero-order valence-corrected chi connectivity index (χ0v) is 21.0. The molecule has 2 bridgehead atoms. The number of hydrogen-bond donors (Lipinski definition) is 1. The van der Waals surface area contributed by atoms with Crippen molar-refractivity contribution in [2.75, 3.05) is 27.8 Å². The van der Waals surface area contributed by atoms with E-state index >= 15 is 0 Å². The first-order chi connectivity index (χ1) is 15.1. The van der Waals surface area contributed by atoms with Gasteiger partial charge in [-0.15, -0.1) is 0 Å². The summed E-state index contributed by atoms with van der Waals surface area (Å²) in [5.74, 6) is 2.50. The van der Waals surface area contributed by atoms with Crippen LogP contribution in [-0.4, -0.2) is 44.7 Å². The lowest BCUT2D eigenvalue weighted by molar-refractivity contribution is -0.138. The van der Waals surface area contributed by atoms with Crippen molar-refractivity contribution < 1.29 is 14.3 Å². The summed E-state index contributed by atoms with van der Waals surface area (Å²) in [7, 11) is 5.94. The number of amides is 1. The maximum absolute atomic E-state index is 12.9. The number of carbonyl (C=O) groups is 1. The monoisotopic (exact) mass is 442 g/mol. The van der Waals surface area contributed by atoms with Gasteiger partial charge in [-0.1, -0.05) is 33.8 Å². The second-order valence-electron chi connectivity index (χ2n) is 11.8. The molecule has 0 aromatic heterocycles. The van der Waals surface area contributed by atoms with Crippen LogP contribution < -0.4 is 10.1 Å². The molecule has 1 aromatic carbocycles. The molecule has 0 unspecified atom stereocenters. The Labute approximate surface area is 194 Å². The van der Waals surface area contributed by atoms with Crippen molar-refractivity contribution in [1.82, 2.24) is 10.2 Å². The number of rotatable bonds is 7. The lowest BCUT2D eigenvalue weighted by Gasteiger charge is -2.53. The van der Waals surface area contributed by atoms with E-state index in [0.717, 1.165) is 31.7 Å². The Kier molecular flexibility index (Phi) is 6.36. The molecule has 4 rings (SSSR count). The molecule has 1 amide bonds. The van der Waals surface area contributed by atoms with Gasteiger partial charge in [0.2, 0.25) is 5.91 Å². The van der Waals surface area contributed by atoms with Crippen molar-refractivity contribution in [3.63, 3.8) is 0 Å². The Balaban J connectivity index is 1.68. The van der Waals surface area contributed by atoms with Crippen LogP contribution >= 0.6 is 0 Å². The quantitative estimate of drug-likeness (QED) is 0.659. The Morgan fingerprint density at radius 3 is 2.72 bits per heavy atom. The summed E-state index contributed by atoms with van der Waals surface area (Å²) in [6, 6.07) is 6.73. The standard InChI is InChI=1S/C27H42N2O3/c1-17(2)12-23(30)28-25-26(3,4)19-14-21-24(32-11-10-27(21,25)15-19)20-13-18(16-29(5)6)8-9-22(20)31-7/h8-9,13,17,19,21,24-25H,10-12,14-16H2,1-7H3,(H,28,30)/t19-,21-,24-,25+,27-/m1/s1. The van der Waals surface area contributed by atoms with Crippen molar-refractivity contribution in [3.05, 3.63) is 29.3 Å². The van der Waals surface area contributed by atoms with E-state index in [4.69, 9.17) is 9.47 Å². The Morgan fingerprint density at radius 1 is 1.31 bits per heavy atom. The first kappa shape index (κ1) is 23.6. The molecule has 1 N–H and O–H groups in total. The Morgan fingerprint density at radius 2 is 2.06 bits per heavy atom. The average molecular weight is 443 g/mol. The van der Waals surface area contributed by atoms with E-state index in [9.17, 15) is 4.79 Å². The summed E-state index contributed by atoms with van der Waals surface area (Å²) in [6.45, 7) is 10.6. The Bertz CT molecular complexity index is 849. The number of fused-ring (bicyclic) bond motifs is 1. The van der Waals surface area contributed by atoms with Gasteiger partial charge in [0, 0.05) is 31.2 Å². The maximum Gasteiger partial charge on any atom is 0.220 e. The summed E-state index contributed by atoms with van der Waals surface area (Å²) in [5, 5.41) is 3.53. The molecule has 1 saturated heterocycles. The van der Waals surface area contributed by atoms with E-state index in [0.29, 0.717) is 24.2 Å². The van der Waals surface area contributed by atoms with Crippen LogP contribution in [0.15, 0.2) is 18.2 Å². The number of ether oxygens (including phenoxy) is 2. The highest BCUT2D eigenvalue weighted by Gasteiger charge is 2.68. The molecule has 32 heavy (non-hydrogen) atoms. The fourth-order valence-electron chi connectivity index (χ4n) is 7.16. The van der Waals surface area contributed by atoms with Crippen LogP contribution in [0.5, 0.6) is 5.75 Å². The predicted molar refractivity (Wildman–Crippen MR) is 128 cm³/mol. The van der Waals surface area contributed by atoms with Crippen molar-refractivity contribution >= 4 is 5.91 Å². The van der Waals surface area contributed by atoms with Gasteiger partial charge in [0.1, 0.15) is 5.75 Å². The average Bonchev–Trinajstić information content (AvgIpc) is 3.19. The van der Waals surface area contributed by atoms with Gasteiger partial charge in [0.05, 0.1) is 13.2 Å². The summed E-state index contributed by atoms with van der Waals surface area (Å²) in [4.78, 5) is 15.1. The third-order valence-corrected chi connectivity index (χ3v) is 8.50. The van der Waals surface area contributed by atoms with Gasteiger partial charge in [-0.05, 0) is 79.6 Å². The van der Waals surface area contributed by atoms with Gasteiger partial charge < -0.3 is 19.7 Å². The molecule has 1 aromatic rings. The number of nitrogens with one attached hydrogen (secondary N) is 1. The van der Waals surface area contributed by atoms with E-state index in [1.165, 1.54) is 17.5 Å². The molecule has 0 radical (unpaired) electrons. The molecule has 3 fully saturated rings. The summed E-state index contributed by atoms with van der Waals surface area (Å²) in [6.07, 6.45) is 4.00. The van der Waals surface area contributed by atoms with Crippen molar-refractivity contribution in [2.45, 2.75) is 72.1 Å². The number of methoxy groups -OCH3 is 1. The summed E-state index contributed by atoms with van der Waals surface area (Å²) < 4.78 is 12.3. The molecular formula is C27H42N2O3. The van der Waals surface area contributed by atoms with Crippen LogP contribution in [0.1, 0.15) is 70.6 Å². The highest BCUT2D eigenvalue weighted by atomic mass is 16.5. The number of nitrogens with zero attached hydrogens (tertiary/aromatic N) is 1. The fourth-order valence-corrected chi connectivity index (χ4v) is 7.16. The van der Waals surface area contributed by atoms with Crippen molar-refractivity contribution in [2.24, 2.45) is 28.6 Å². The molecule has 3 aliphatic rings. The molecule has 1 heterocycles. The molecule has 2 aliphatic carbocycles. The van der Waals surface area contributed by atoms with Crippen LogP contribution in [0.3, 0.4) is 0 Å². The molecule has 1 spiro atoms. The van der Waals surface area contributed by atoms with Gasteiger partial charge in [-0.2, -0.15) is 0 Å². The lowest BCUT2D eigenvalue weighted by atomic mass is 9.58. The molecule has 1 aliphatic heterocycles. The predicted octanol–water partition coefficient (Wildman–Crippen LogP) is 4.80. The second kappa shape index (κ2) is 8.64. The third kappa shape index (κ3) is 3.96. The SMILES string of the molecule is COc1ccc(CN(C)C)cc1[C@H]1OCC[C@@]23C[C@@H](C[C@H]12)C(C)(C)[C@@H]3NC(=O)CC(C)C. The van der Waals surface area contributed by atoms with E-state index in [-0.39, 0.29) is 28.9 Å². The lowest BCUT2D eigenvalue weighted by Crippen LogP contribution is -2.59. The van der Waals surface area contributed by atoms with Crippen LogP contribution in [0.2, 0.25) is 0 Å². The van der Waals surface area contributed by atoms with Gasteiger partial charge in [-0.3, -0.25) is 4.79 Å². The van der Waals surface area contributed by atoms with Gasteiger partial charge in [0.25, 0.3) is 0 Å². The zero-order chi connectivity index (χ0) is 23.3. The number of carbonyl (C=O) groups excluding carboxylic acids is 1. The van der Waals surface area contributed by atoms with E-state index in [1.807, 2.05) is 0 Å². The first-order valence-corrected chi connectivity index (χ1v) is 12.3. The van der Waals surface area contributed by atoms with Gasteiger partial charge in [-0.25, -0.2) is 0 Å². The van der Waals surface area contributed by atoms with Gasteiger partial charge in [0.15, 0.2) is 0 Å². The second-order valence-corrected chi connectivity index (χ2v) is 11.8. The molecular weight excluding hydrogens is 400 g/mol. The van der Waals surface area contributed by atoms with E-state index in [1.54, 1.807) is 7.11 Å². The number of hydrogen-bond acceptors (Lipinski definition) is 4. The first-order valence-electron chi connectivity index (χ1n) is 12.3. The van der Waals surface area contributed by atoms with Crippen LogP contribution in [-0.2, 0) is 16.1 Å². The van der Waals surface area contributed by atoms with E-state index in [2.05, 4.69) is 70.2 Å². The molecule has 5 nitrogen and oxygen atoms in total. The van der Waals surface area contributed by atoms with Crippen LogP contribution in [0, 0.1) is 28.6 Å². The smallest absolute Gasteiger partial charge is 0.220 e. The highest BCUT2D eigenvalue weighted by molar-refractivity contribution is 5.76. The fraction of sp³-hybridized carbons (Fsp3) is 0.741. The minimum atomic E-state index is 0.0198. The van der Waals surface area contributed by atoms with Gasteiger partial charge >= 0.3 is 0 Å². The zero-order valence-electron chi connectivity index (χ0n) is 21.0. The topological polar surface area (TPSA) is 50.8 Å². The minimum absolute atomic E-state index is 0.0198.